The van der Waals surface area contributed by atoms with Crippen LogP contribution in [-0.4, -0.2) is 76.6 Å². The minimum absolute atomic E-state index is 0.0640. The number of rotatable bonds is 14. The summed E-state index contributed by atoms with van der Waals surface area (Å²) in [6, 6.07) is 15.8. The van der Waals surface area contributed by atoms with Crippen molar-refractivity contribution in [2.75, 3.05) is 31.1 Å². The van der Waals surface area contributed by atoms with Crippen LogP contribution in [0.5, 0.6) is 0 Å². The third-order valence-electron chi connectivity index (χ3n) is 8.97. The zero-order valence-corrected chi connectivity index (χ0v) is 25.2. The van der Waals surface area contributed by atoms with Crippen LogP contribution in [0.3, 0.4) is 0 Å². The standard InChI is InChI=1S/C34H40ClN3O5/c1-3-19-36(23-24-11-7-5-8-12-24)31(40)28-27-17-18-34(43-27)29(28)32(41)38(21-9-6-10-22-39)30(34)33(42)37(20-4-2)26-15-13-25(35)14-16-26/h3-5,7-8,11-16,27-30,39H,1-2,6,9-10,17-23H2/t27-,28+,29-,30?,34?/m0/s1. The molecule has 9 heteroatoms. The highest BCUT2D eigenvalue weighted by atomic mass is 35.5. The van der Waals surface area contributed by atoms with Gasteiger partial charge in [-0.25, -0.2) is 0 Å². The summed E-state index contributed by atoms with van der Waals surface area (Å²) in [6.45, 7) is 9.09. The minimum Gasteiger partial charge on any atom is -0.396 e. The van der Waals surface area contributed by atoms with Gasteiger partial charge in [0.1, 0.15) is 11.6 Å². The number of carbonyl (C=O) groups excluding carboxylic acids is 3. The normalized spacial score (nSPS) is 25.4. The van der Waals surface area contributed by atoms with E-state index in [0.717, 1.165) is 5.56 Å². The number of anilines is 1. The number of carbonyl (C=O) groups is 3. The van der Waals surface area contributed by atoms with Gasteiger partial charge in [-0.2, -0.15) is 0 Å². The molecular weight excluding hydrogens is 566 g/mol. The first-order valence-electron chi connectivity index (χ1n) is 15.1. The zero-order valence-electron chi connectivity index (χ0n) is 24.4. The van der Waals surface area contributed by atoms with Crippen molar-refractivity contribution in [2.45, 2.75) is 56.4 Å². The number of likely N-dealkylation sites (tertiary alicyclic amines) is 1. The molecule has 228 valence electrons. The Morgan fingerprint density at radius 3 is 2.42 bits per heavy atom. The second-order valence-corrected chi connectivity index (χ2v) is 12.0. The van der Waals surface area contributed by atoms with Gasteiger partial charge in [0, 0.05) is 43.5 Å². The number of aliphatic hydroxyl groups is 1. The van der Waals surface area contributed by atoms with Crippen LogP contribution >= 0.6 is 11.6 Å². The molecule has 8 nitrogen and oxygen atoms in total. The number of unbranched alkanes of at least 4 members (excludes halogenated alkanes) is 2. The molecule has 5 atom stereocenters. The van der Waals surface area contributed by atoms with Crippen molar-refractivity contribution in [1.29, 1.82) is 0 Å². The quantitative estimate of drug-likeness (QED) is 0.251. The number of hydrogen-bond donors (Lipinski definition) is 1. The number of halogens is 1. The Labute approximate surface area is 258 Å². The highest BCUT2D eigenvalue weighted by Crippen LogP contribution is 2.59. The minimum atomic E-state index is -1.10. The molecule has 0 radical (unpaired) electrons. The first kappa shape index (κ1) is 31.0. The number of nitrogens with zero attached hydrogens (tertiary/aromatic N) is 3. The third kappa shape index (κ3) is 5.88. The van der Waals surface area contributed by atoms with Crippen LogP contribution in [0.15, 0.2) is 79.9 Å². The van der Waals surface area contributed by atoms with Gasteiger partial charge in [0.2, 0.25) is 11.8 Å². The molecule has 0 saturated carbocycles. The molecule has 2 aromatic carbocycles. The first-order chi connectivity index (χ1) is 20.9. The highest BCUT2D eigenvalue weighted by molar-refractivity contribution is 6.30. The zero-order chi connectivity index (χ0) is 30.6. The Morgan fingerprint density at radius 1 is 1.02 bits per heavy atom. The number of hydrogen-bond acceptors (Lipinski definition) is 5. The van der Waals surface area contributed by atoms with E-state index in [1.165, 1.54) is 0 Å². The van der Waals surface area contributed by atoms with Crippen LogP contribution < -0.4 is 4.90 Å². The van der Waals surface area contributed by atoms with E-state index >= 15 is 0 Å². The van der Waals surface area contributed by atoms with Crippen LogP contribution in [0.25, 0.3) is 0 Å². The molecule has 3 fully saturated rings. The van der Waals surface area contributed by atoms with E-state index in [1.807, 2.05) is 30.3 Å². The lowest BCUT2D eigenvalue weighted by Crippen LogP contribution is -2.56. The molecule has 0 aliphatic carbocycles. The average Bonchev–Trinajstić information content (AvgIpc) is 3.66. The van der Waals surface area contributed by atoms with Crippen LogP contribution in [0.1, 0.15) is 37.7 Å². The van der Waals surface area contributed by atoms with Gasteiger partial charge >= 0.3 is 0 Å². The van der Waals surface area contributed by atoms with E-state index in [2.05, 4.69) is 13.2 Å². The fraction of sp³-hybridized carbons (Fsp3) is 0.441. The van der Waals surface area contributed by atoms with Crippen molar-refractivity contribution in [3.63, 3.8) is 0 Å². The molecular formula is C34H40ClN3O5. The Balaban J connectivity index is 1.50. The maximum Gasteiger partial charge on any atom is 0.253 e. The van der Waals surface area contributed by atoms with Gasteiger partial charge in [-0.15, -0.1) is 13.2 Å². The molecule has 3 aliphatic heterocycles. The molecule has 2 bridgehead atoms. The Kier molecular flexibility index (Phi) is 9.69. The van der Waals surface area contributed by atoms with E-state index in [9.17, 15) is 19.5 Å². The summed E-state index contributed by atoms with van der Waals surface area (Å²) in [6.07, 6.45) is 5.96. The second kappa shape index (κ2) is 13.5. The average molecular weight is 606 g/mol. The van der Waals surface area contributed by atoms with Crippen LogP contribution in [0.4, 0.5) is 5.69 Å². The van der Waals surface area contributed by atoms with Crippen LogP contribution in [0, 0.1) is 11.8 Å². The lowest BCUT2D eigenvalue weighted by Gasteiger charge is -2.37. The number of ether oxygens (including phenoxy) is 1. The number of amides is 3. The lowest BCUT2D eigenvalue weighted by molar-refractivity contribution is -0.145. The number of benzene rings is 2. The van der Waals surface area contributed by atoms with Gasteiger partial charge in [-0.05, 0) is 61.9 Å². The van der Waals surface area contributed by atoms with Crippen molar-refractivity contribution in [2.24, 2.45) is 11.8 Å². The summed E-state index contributed by atoms with van der Waals surface area (Å²) in [4.78, 5) is 48.2. The van der Waals surface area contributed by atoms with Crippen molar-refractivity contribution in [3.05, 3.63) is 90.5 Å². The molecule has 3 heterocycles. The molecule has 3 aliphatic rings. The summed E-state index contributed by atoms with van der Waals surface area (Å²) in [7, 11) is 0. The largest absolute Gasteiger partial charge is 0.396 e. The van der Waals surface area contributed by atoms with Gasteiger partial charge in [0.25, 0.3) is 5.91 Å². The molecule has 1 spiro atoms. The highest BCUT2D eigenvalue weighted by Gasteiger charge is 2.74. The molecule has 2 aromatic rings. The maximum atomic E-state index is 14.6. The van der Waals surface area contributed by atoms with Crippen molar-refractivity contribution in [3.8, 4) is 0 Å². The molecule has 1 N–H and O–H groups in total. The van der Waals surface area contributed by atoms with Gasteiger partial charge < -0.3 is 24.5 Å². The SMILES string of the molecule is C=CCN(Cc1ccccc1)C(=O)[C@@H]1[C@@H]2CCC3(O2)C(C(=O)N(CC=C)c2ccc(Cl)cc2)N(CCCCCO)C(=O)[C@H]13. The third-order valence-corrected chi connectivity index (χ3v) is 9.22. The Bertz CT molecular complexity index is 1340. The van der Waals surface area contributed by atoms with E-state index in [-0.39, 0.29) is 30.9 Å². The van der Waals surface area contributed by atoms with Gasteiger partial charge in [-0.3, -0.25) is 14.4 Å². The van der Waals surface area contributed by atoms with Crippen LogP contribution in [0.2, 0.25) is 5.02 Å². The second-order valence-electron chi connectivity index (χ2n) is 11.6. The van der Waals surface area contributed by atoms with Gasteiger partial charge in [0.05, 0.1) is 17.9 Å². The molecule has 0 aromatic heterocycles. The summed E-state index contributed by atoms with van der Waals surface area (Å²) in [5.74, 6) is -2.07. The van der Waals surface area contributed by atoms with Gasteiger partial charge in [0.15, 0.2) is 0 Å². The Hall–Kier alpha value is -3.46. The molecule has 43 heavy (non-hydrogen) atoms. The maximum absolute atomic E-state index is 14.6. The monoisotopic (exact) mass is 605 g/mol. The van der Waals surface area contributed by atoms with Gasteiger partial charge in [-0.1, -0.05) is 54.1 Å². The summed E-state index contributed by atoms with van der Waals surface area (Å²) in [5, 5.41) is 9.86. The Morgan fingerprint density at radius 2 is 1.74 bits per heavy atom. The summed E-state index contributed by atoms with van der Waals surface area (Å²) >= 11 is 6.14. The number of fused-ring (bicyclic) bond motifs is 1. The van der Waals surface area contributed by atoms with Crippen LogP contribution in [-0.2, 0) is 25.7 Å². The van der Waals surface area contributed by atoms with E-state index in [0.29, 0.717) is 62.4 Å². The van der Waals surface area contributed by atoms with E-state index in [4.69, 9.17) is 16.3 Å². The summed E-state index contributed by atoms with van der Waals surface area (Å²) in [5.41, 5.74) is 0.520. The van der Waals surface area contributed by atoms with Crippen molar-refractivity contribution in [1.82, 2.24) is 9.80 Å². The smallest absolute Gasteiger partial charge is 0.253 e. The topological polar surface area (TPSA) is 90.4 Å². The predicted molar refractivity (Wildman–Crippen MR) is 166 cm³/mol. The number of aliphatic hydroxyl groups excluding tert-OH is 1. The van der Waals surface area contributed by atoms with E-state index in [1.54, 1.807) is 51.1 Å². The fourth-order valence-electron chi connectivity index (χ4n) is 7.15. The molecule has 3 amide bonds. The molecule has 5 rings (SSSR count). The summed E-state index contributed by atoms with van der Waals surface area (Å²) < 4.78 is 6.67. The molecule has 2 unspecified atom stereocenters. The fourth-order valence-corrected chi connectivity index (χ4v) is 7.27. The predicted octanol–water partition coefficient (Wildman–Crippen LogP) is 4.61. The van der Waals surface area contributed by atoms with Crippen molar-refractivity contribution >= 4 is 35.0 Å². The van der Waals surface area contributed by atoms with E-state index < -0.39 is 29.6 Å². The lowest BCUT2D eigenvalue weighted by atomic mass is 9.70. The van der Waals surface area contributed by atoms with Crippen molar-refractivity contribution < 1.29 is 24.2 Å². The first-order valence-corrected chi connectivity index (χ1v) is 15.4. The molecule has 3 saturated heterocycles.